The molecule has 2 heterocycles. The summed E-state index contributed by atoms with van der Waals surface area (Å²) in [6, 6.07) is 1.97. The molecule has 1 aromatic rings. The first-order valence-corrected chi connectivity index (χ1v) is 7.76. The van der Waals surface area contributed by atoms with Gasteiger partial charge in [0.05, 0.1) is 17.4 Å². The molecule has 1 aliphatic heterocycles. The number of hydrogen-bond acceptors (Lipinski definition) is 3. The molecule has 1 amide bonds. The second-order valence-electron chi connectivity index (χ2n) is 5.85. The summed E-state index contributed by atoms with van der Waals surface area (Å²) >= 11 is 5.89. The van der Waals surface area contributed by atoms with Crippen LogP contribution >= 0.6 is 11.6 Å². The van der Waals surface area contributed by atoms with Crippen LogP contribution in [0.15, 0.2) is 12.3 Å². The highest BCUT2D eigenvalue weighted by Gasteiger charge is 2.36. The molecule has 20 heavy (non-hydrogen) atoms. The highest BCUT2D eigenvalue weighted by Crippen LogP contribution is 2.36. The van der Waals surface area contributed by atoms with Crippen LogP contribution in [-0.2, 0) is 0 Å². The van der Waals surface area contributed by atoms with E-state index in [4.69, 9.17) is 17.3 Å². The minimum Gasteiger partial charge on any atom is -0.397 e. The van der Waals surface area contributed by atoms with Crippen molar-refractivity contribution in [3.8, 4) is 0 Å². The molecule has 0 bridgehead atoms. The van der Waals surface area contributed by atoms with Crippen LogP contribution in [0.4, 0.5) is 5.69 Å². The number of likely N-dealkylation sites (tertiary alicyclic amines) is 1. The molecule has 2 fully saturated rings. The lowest BCUT2D eigenvalue weighted by Gasteiger charge is -2.29. The van der Waals surface area contributed by atoms with Gasteiger partial charge in [0, 0.05) is 12.6 Å². The number of carbonyl (C=O) groups is 1. The fourth-order valence-electron chi connectivity index (χ4n) is 3.66. The average molecular weight is 294 g/mol. The SMILES string of the molecule is Nc1cnc(Cl)cc1C(=O)N1CCCC1C1CCCC1. The molecule has 3 rings (SSSR count). The van der Waals surface area contributed by atoms with Crippen LogP contribution in [0.2, 0.25) is 5.15 Å². The second kappa shape index (κ2) is 5.60. The van der Waals surface area contributed by atoms with E-state index in [2.05, 4.69) is 4.98 Å². The van der Waals surface area contributed by atoms with Gasteiger partial charge in [-0.05, 0) is 37.7 Å². The quantitative estimate of drug-likeness (QED) is 0.852. The highest BCUT2D eigenvalue weighted by molar-refractivity contribution is 6.29. The Kier molecular flexibility index (Phi) is 3.83. The standard InChI is InChI=1S/C15H20ClN3O/c16-14-8-11(12(17)9-18-14)15(20)19-7-3-6-13(19)10-4-1-2-5-10/h8-10,13H,1-7,17H2. The predicted octanol–water partition coefficient (Wildman–Crippen LogP) is 3.11. The van der Waals surface area contributed by atoms with Crippen LogP contribution in [0.25, 0.3) is 0 Å². The Balaban J connectivity index is 1.83. The van der Waals surface area contributed by atoms with Crippen molar-refractivity contribution in [1.29, 1.82) is 0 Å². The number of nitrogen functional groups attached to an aromatic ring is 1. The lowest BCUT2D eigenvalue weighted by molar-refractivity contribution is 0.0690. The predicted molar refractivity (Wildman–Crippen MR) is 79.7 cm³/mol. The Hall–Kier alpha value is -1.29. The zero-order valence-electron chi connectivity index (χ0n) is 11.5. The lowest BCUT2D eigenvalue weighted by atomic mass is 9.95. The summed E-state index contributed by atoms with van der Waals surface area (Å²) in [6.07, 6.45) is 8.78. The van der Waals surface area contributed by atoms with Crippen molar-refractivity contribution < 1.29 is 4.79 Å². The average Bonchev–Trinajstić information content (AvgIpc) is 3.10. The first kappa shape index (κ1) is 13.7. The first-order chi connectivity index (χ1) is 9.66. The van der Waals surface area contributed by atoms with Gasteiger partial charge in [-0.2, -0.15) is 0 Å². The number of amides is 1. The topological polar surface area (TPSA) is 59.2 Å². The van der Waals surface area contributed by atoms with Gasteiger partial charge in [-0.25, -0.2) is 4.98 Å². The van der Waals surface area contributed by atoms with E-state index in [-0.39, 0.29) is 5.91 Å². The zero-order chi connectivity index (χ0) is 14.1. The summed E-state index contributed by atoms with van der Waals surface area (Å²) < 4.78 is 0. The summed E-state index contributed by atoms with van der Waals surface area (Å²) in [7, 11) is 0. The first-order valence-electron chi connectivity index (χ1n) is 7.39. The Morgan fingerprint density at radius 2 is 2.05 bits per heavy atom. The maximum Gasteiger partial charge on any atom is 0.256 e. The van der Waals surface area contributed by atoms with E-state index in [1.54, 1.807) is 6.07 Å². The van der Waals surface area contributed by atoms with Gasteiger partial charge in [0.25, 0.3) is 5.91 Å². The van der Waals surface area contributed by atoms with Gasteiger partial charge in [0.2, 0.25) is 0 Å². The Morgan fingerprint density at radius 3 is 2.80 bits per heavy atom. The maximum atomic E-state index is 12.7. The molecule has 1 aliphatic carbocycles. The lowest BCUT2D eigenvalue weighted by Crippen LogP contribution is -2.39. The molecule has 1 saturated heterocycles. The third-order valence-corrected chi connectivity index (χ3v) is 4.84. The van der Waals surface area contributed by atoms with Crippen LogP contribution in [0, 0.1) is 5.92 Å². The van der Waals surface area contributed by atoms with Gasteiger partial charge in [-0.1, -0.05) is 24.4 Å². The Labute approximate surface area is 124 Å². The summed E-state index contributed by atoms with van der Waals surface area (Å²) in [4.78, 5) is 18.7. The van der Waals surface area contributed by atoms with Crippen molar-refractivity contribution in [2.45, 2.75) is 44.6 Å². The molecule has 0 radical (unpaired) electrons. The van der Waals surface area contributed by atoms with Gasteiger partial charge < -0.3 is 10.6 Å². The van der Waals surface area contributed by atoms with E-state index in [1.165, 1.54) is 31.9 Å². The number of halogens is 1. The molecule has 0 spiro atoms. The summed E-state index contributed by atoms with van der Waals surface area (Å²) in [5.41, 5.74) is 6.80. The van der Waals surface area contributed by atoms with Crippen LogP contribution in [-0.4, -0.2) is 28.4 Å². The van der Waals surface area contributed by atoms with E-state index in [9.17, 15) is 4.79 Å². The van der Waals surface area contributed by atoms with E-state index in [1.807, 2.05) is 4.90 Å². The highest BCUT2D eigenvalue weighted by atomic mass is 35.5. The monoisotopic (exact) mass is 293 g/mol. The van der Waals surface area contributed by atoms with Crippen molar-refractivity contribution in [3.63, 3.8) is 0 Å². The molecule has 5 heteroatoms. The van der Waals surface area contributed by atoms with Crippen LogP contribution < -0.4 is 5.73 Å². The van der Waals surface area contributed by atoms with Gasteiger partial charge >= 0.3 is 0 Å². The van der Waals surface area contributed by atoms with E-state index in [0.29, 0.717) is 28.4 Å². The van der Waals surface area contributed by atoms with Gasteiger partial charge in [0.1, 0.15) is 5.15 Å². The molecule has 4 nitrogen and oxygen atoms in total. The number of carbonyl (C=O) groups excluding carboxylic acids is 1. The molecule has 108 valence electrons. The van der Waals surface area contributed by atoms with Crippen molar-refractivity contribution in [2.75, 3.05) is 12.3 Å². The van der Waals surface area contributed by atoms with E-state index in [0.717, 1.165) is 19.4 Å². The van der Waals surface area contributed by atoms with E-state index >= 15 is 0 Å². The Bertz CT molecular complexity index is 514. The third-order valence-electron chi connectivity index (χ3n) is 4.64. The van der Waals surface area contributed by atoms with Gasteiger partial charge in [-0.3, -0.25) is 4.79 Å². The molecule has 0 aromatic carbocycles. The second-order valence-corrected chi connectivity index (χ2v) is 6.23. The molecule has 1 unspecified atom stereocenters. The number of anilines is 1. The molecule has 1 saturated carbocycles. The normalized spacial score (nSPS) is 23.4. The number of nitrogens with zero attached hydrogens (tertiary/aromatic N) is 2. The molecule has 1 aromatic heterocycles. The third kappa shape index (κ3) is 2.49. The number of hydrogen-bond donors (Lipinski definition) is 1. The Morgan fingerprint density at radius 1 is 1.30 bits per heavy atom. The van der Waals surface area contributed by atoms with Gasteiger partial charge in [0.15, 0.2) is 0 Å². The van der Waals surface area contributed by atoms with E-state index < -0.39 is 0 Å². The number of aromatic nitrogens is 1. The van der Waals surface area contributed by atoms with Crippen molar-refractivity contribution in [3.05, 3.63) is 23.0 Å². The summed E-state index contributed by atoms with van der Waals surface area (Å²) in [5.74, 6) is 0.682. The van der Waals surface area contributed by atoms with Crippen molar-refractivity contribution in [1.82, 2.24) is 9.88 Å². The van der Waals surface area contributed by atoms with Crippen LogP contribution in [0.1, 0.15) is 48.9 Å². The van der Waals surface area contributed by atoms with Crippen molar-refractivity contribution >= 4 is 23.2 Å². The number of pyridine rings is 1. The largest absolute Gasteiger partial charge is 0.397 e. The maximum absolute atomic E-state index is 12.7. The van der Waals surface area contributed by atoms with Crippen LogP contribution in [0.5, 0.6) is 0 Å². The van der Waals surface area contributed by atoms with Crippen molar-refractivity contribution in [2.24, 2.45) is 5.92 Å². The molecule has 1 atom stereocenters. The minimum atomic E-state index is 0.0150. The molecular formula is C15H20ClN3O. The molecule has 2 aliphatic rings. The fourth-order valence-corrected chi connectivity index (χ4v) is 3.82. The fraction of sp³-hybridized carbons (Fsp3) is 0.600. The van der Waals surface area contributed by atoms with Gasteiger partial charge in [-0.15, -0.1) is 0 Å². The van der Waals surface area contributed by atoms with Crippen LogP contribution in [0.3, 0.4) is 0 Å². The summed E-state index contributed by atoms with van der Waals surface area (Å²) in [6.45, 7) is 0.833. The minimum absolute atomic E-state index is 0.0150. The molecule has 2 N–H and O–H groups in total. The summed E-state index contributed by atoms with van der Waals surface area (Å²) in [5, 5.41) is 0.319. The molecular weight excluding hydrogens is 274 g/mol. The zero-order valence-corrected chi connectivity index (χ0v) is 12.3. The number of rotatable bonds is 2. The number of nitrogens with two attached hydrogens (primary N) is 1. The smallest absolute Gasteiger partial charge is 0.256 e.